The SMILES string of the molecule is CC(=O)O[C@H]1CC[C@@]2(C)[C@@H](CC[C@@H]3[C@@H]2CC[C@]2(C)[C@@H](C(C)CCCC(C)(C)OC(C)=O)CC[C@@H]32)C1=O. The number of hydrogen-bond acceptors (Lipinski definition) is 5. The van der Waals surface area contributed by atoms with E-state index in [2.05, 4.69) is 20.8 Å². The predicted molar refractivity (Wildman–Crippen MR) is 140 cm³/mol. The molecule has 0 bridgehead atoms. The number of Topliss-reactive ketones (excluding diaryl/α,β-unsaturated/α-hetero) is 1. The Morgan fingerprint density at radius 3 is 2.28 bits per heavy atom. The molecule has 36 heavy (non-hydrogen) atoms. The minimum atomic E-state index is -0.520. The third-order valence-corrected chi connectivity index (χ3v) is 11.4. The quantitative estimate of drug-likeness (QED) is 0.354. The summed E-state index contributed by atoms with van der Waals surface area (Å²) in [6.45, 7) is 14.4. The van der Waals surface area contributed by atoms with Crippen molar-refractivity contribution in [2.45, 2.75) is 131 Å². The van der Waals surface area contributed by atoms with Crippen molar-refractivity contribution in [1.29, 1.82) is 0 Å². The molecule has 0 aromatic heterocycles. The van der Waals surface area contributed by atoms with E-state index in [-0.39, 0.29) is 34.7 Å². The second-order valence-corrected chi connectivity index (χ2v) is 14.0. The fourth-order valence-corrected chi connectivity index (χ4v) is 9.88. The van der Waals surface area contributed by atoms with Crippen LogP contribution < -0.4 is 0 Å². The summed E-state index contributed by atoms with van der Waals surface area (Å²) in [5, 5.41) is 0. The highest BCUT2D eigenvalue weighted by Crippen LogP contribution is 2.68. The first-order valence-corrected chi connectivity index (χ1v) is 14.7. The van der Waals surface area contributed by atoms with Crippen molar-refractivity contribution in [1.82, 2.24) is 0 Å². The maximum Gasteiger partial charge on any atom is 0.303 e. The standard InChI is InChI=1S/C31H50O5/c1-19(9-8-16-29(4,5)36-21(3)33)23-12-13-24-22-10-11-26-28(34)27(35-20(2)32)15-18-31(26,7)25(22)14-17-30(23,24)6/h19,22-27H,8-18H2,1-7H3/t19?,22-,23+,24-,25-,26-,27-,30+,31+/m0/s1. The lowest BCUT2D eigenvalue weighted by atomic mass is 9.44. The van der Waals surface area contributed by atoms with Crippen LogP contribution in [0.2, 0.25) is 0 Å². The largest absolute Gasteiger partial charge is 0.460 e. The second kappa shape index (κ2) is 10.1. The molecule has 5 nitrogen and oxygen atoms in total. The van der Waals surface area contributed by atoms with Crippen LogP contribution in [0.25, 0.3) is 0 Å². The van der Waals surface area contributed by atoms with Crippen molar-refractivity contribution in [2.24, 2.45) is 46.3 Å². The van der Waals surface area contributed by atoms with E-state index >= 15 is 0 Å². The van der Waals surface area contributed by atoms with Gasteiger partial charge in [-0.05, 0) is 118 Å². The lowest BCUT2D eigenvalue weighted by Crippen LogP contribution is -2.57. The van der Waals surface area contributed by atoms with Gasteiger partial charge in [0.25, 0.3) is 0 Å². The van der Waals surface area contributed by atoms with Gasteiger partial charge in [-0.2, -0.15) is 0 Å². The number of hydrogen-bond donors (Lipinski definition) is 0. The highest BCUT2D eigenvalue weighted by molar-refractivity contribution is 5.89. The summed E-state index contributed by atoms with van der Waals surface area (Å²) in [4.78, 5) is 36.3. The molecule has 0 aromatic carbocycles. The van der Waals surface area contributed by atoms with E-state index in [1.54, 1.807) is 0 Å². The zero-order valence-corrected chi connectivity index (χ0v) is 23.9. The van der Waals surface area contributed by atoms with Crippen LogP contribution in [-0.4, -0.2) is 29.4 Å². The van der Waals surface area contributed by atoms with E-state index in [0.29, 0.717) is 23.7 Å². The van der Waals surface area contributed by atoms with Gasteiger partial charge in [-0.15, -0.1) is 0 Å². The molecule has 4 aliphatic carbocycles. The molecule has 4 saturated carbocycles. The number of carbonyl (C=O) groups is 3. The number of ether oxygens (including phenoxy) is 2. The summed E-state index contributed by atoms with van der Waals surface area (Å²) in [6.07, 6.45) is 11.7. The van der Waals surface area contributed by atoms with Crippen molar-refractivity contribution >= 4 is 17.7 Å². The Hall–Kier alpha value is -1.39. The lowest BCUT2D eigenvalue weighted by molar-refractivity contribution is -0.172. The smallest absolute Gasteiger partial charge is 0.303 e. The summed E-state index contributed by atoms with van der Waals surface area (Å²) >= 11 is 0. The van der Waals surface area contributed by atoms with Crippen LogP contribution >= 0.6 is 0 Å². The predicted octanol–water partition coefficient (Wildman–Crippen LogP) is 6.90. The molecule has 0 N–H and O–H groups in total. The Morgan fingerprint density at radius 1 is 0.944 bits per heavy atom. The molecule has 4 rings (SSSR count). The van der Waals surface area contributed by atoms with Crippen LogP contribution in [0, 0.1) is 46.3 Å². The average Bonchev–Trinajstić information content (AvgIpc) is 3.12. The summed E-state index contributed by atoms with van der Waals surface area (Å²) in [5.41, 5.74) is 0.0732. The zero-order valence-electron chi connectivity index (χ0n) is 23.9. The number of fused-ring (bicyclic) bond motifs is 5. The highest BCUT2D eigenvalue weighted by Gasteiger charge is 2.62. The number of ketones is 1. The fourth-order valence-electron chi connectivity index (χ4n) is 9.88. The summed E-state index contributed by atoms with van der Waals surface area (Å²) in [5.74, 6) is 3.27. The maximum atomic E-state index is 13.3. The van der Waals surface area contributed by atoms with Gasteiger partial charge in [0.05, 0.1) is 0 Å². The van der Waals surface area contributed by atoms with Gasteiger partial charge in [0, 0.05) is 19.8 Å². The number of carbonyl (C=O) groups excluding carboxylic acids is 3. The van der Waals surface area contributed by atoms with Gasteiger partial charge in [0.15, 0.2) is 11.9 Å². The first-order valence-electron chi connectivity index (χ1n) is 14.7. The fraction of sp³-hybridized carbons (Fsp3) is 0.903. The Labute approximate surface area is 218 Å². The van der Waals surface area contributed by atoms with E-state index in [1.165, 1.54) is 46.0 Å². The molecule has 4 aliphatic rings. The first-order chi connectivity index (χ1) is 16.8. The van der Waals surface area contributed by atoms with Crippen molar-refractivity contribution in [3.8, 4) is 0 Å². The third kappa shape index (κ3) is 5.01. The average molecular weight is 503 g/mol. The van der Waals surface area contributed by atoms with Gasteiger partial charge in [-0.3, -0.25) is 14.4 Å². The van der Waals surface area contributed by atoms with Gasteiger partial charge >= 0.3 is 11.9 Å². The van der Waals surface area contributed by atoms with Crippen LogP contribution in [0.4, 0.5) is 0 Å². The normalized spacial score (nSPS) is 41.0. The molecule has 0 aromatic rings. The molecule has 5 heteroatoms. The van der Waals surface area contributed by atoms with Gasteiger partial charge < -0.3 is 9.47 Å². The summed E-state index contributed by atoms with van der Waals surface area (Å²) in [7, 11) is 0. The Kier molecular flexibility index (Phi) is 7.72. The molecular formula is C31H50O5. The van der Waals surface area contributed by atoms with Gasteiger partial charge in [-0.25, -0.2) is 0 Å². The van der Waals surface area contributed by atoms with E-state index in [9.17, 15) is 14.4 Å². The van der Waals surface area contributed by atoms with Gasteiger partial charge in [0.2, 0.25) is 0 Å². The van der Waals surface area contributed by atoms with Crippen LogP contribution in [0.3, 0.4) is 0 Å². The molecule has 9 atom stereocenters. The van der Waals surface area contributed by atoms with E-state index in [4.69, 9.17) is 9.47 Å². The van der Waals surface area contributed by atoms with Crippen molar-refractivity contribution < 1.29 is 23.9 Å². The molecular weight excluding hydrogens is 452 g/mol. The molecule has 0 spiro atoms. The molecule has 0 amide bonds. The first kappa shape index (κ1) is 27.6. The monoisotopic (exact) mass is 502 g/mol. The van der Waals surface area contributed by atoms with Crippen LogP contribution in [0.15, 0.2) is 0 Å². The van der Waals surface area contributed by atoms with E-state index < -0.39 is 6.10 Å². The highest BCUT2D eigenvalue weighted by atomic mass is 16.6. The molecule has 204 valence electrons. The minimum absolute atomic E-state index is 0.0536. The lowest BCUT2D eigenvalue weighted by Gasteiger charge is -2.60. The number of rotatable bonds is 7. The topological polar surface area (TPSA) is 69.7 Å². The van der Waals surface area contributed by atoms with Gasteiger partial charge in [0.1, 0.15) is 5.60 Å². The summed E-state index contributed by atoms with van der Waals surface area (Å²) < 4.78 is 10.9. The second-order valence-electron chi connectivity index (χ2n) is 14.0. The molecule has 4 fully saturated rings. The van der Waals surface area contributed by atoms with Crippen molar-refractivity contribution in [3.63, 3.8) is 0 Å². The Balaban J connectivity index is 1.41. The molecule has 0 aliphatic heterocycles. The minimum Gasteiger partial charge on any atom is -0.460 e. The maximum absolute atomic E-state index is 13.3. The van der Waals surface area contributed by atoms with E-state index in [1.807, 2.05) is 13.8 Å². The zero-order chi connectivity index (χ0) is 26.5. The molecule has 1 unspecified atom stereocenters. The molecule has 0 radical (unpaired) electrons. The van der Waals surface area contributed by atoms with Crippen molar-refractivity contribution in [3.05, 3.63) is 0 Å². The van der Waals surface area contributed by atoms with Crippen LogP contribution in [-0.2, 0) is 23.9 Å². The molecule has 0 heterocycles. The Morgan fingerprint density at radius 2 is 1.61 bits per heavy atom. The van der Waals surface area contributed by atoms with Gasteiger partial charge in [-0.1, -0.05) is 27.2 Å². The molecule has 0 saturated heterocycles. The van der Waals surface area contributed by atoms with Crippen LogP contribution in [0.5, 0.6) is 0 Å². The van der Waals surface area contributed by atoms with E-state index in [0.717, 1.165) is 49.9 Å². The Bertz CT molecular complexity index is 863. The summed E-state index contributed by atoms with van der Waals surface area (Å²) in [6, 6.07) is 0. The third-order valence-electron chi connectivity index (χ3n) is 11.4. The van der Waals surface area contributed by atoms with Crippen LogP contribution in [0.1, 0.15) is 119 Å². The number of esters is 2. The van der Waals surface area contributed by atoms with Crippen molar-refractivity contribution in [2.75, 3.05) is 0 Å².